The Morgan fingerprint density at radius 2 is 0.878 bits per heavy atom. The van der Waals surface area contributed by atoms with Gasteiger partial charge in [-0.05, 0) is 91.0 Å². The van der Waals surface area contributed by atoms with Crippen molar-refractivity contribution >= 4 is 54.1 Å². The molecule has 4 rings (SSSR count). The molecular weight excluding hydrogens is 564 g/mol. The molecular formula is C28H28N6O5S2. The molecule has 0 spiro atoms. The van der Waals surface area contributed by atoms with E-state index in [1.807, 2.05) is 62.3 Å². The zero-order chi connectivity index (χ0) is 29.8. The minimum atomic E-state index is -4.87. The number of nitrogens with zero attached hydrogens (tertiary/aromatic N) is 6. The van der Waals surface area contributed by atoms with Crippen molar-refractivity contribution in [3.05, 3.63) is 91.0 Å². The Hall–Kier alpha value is -4.46. The van der Waals surface area contributed by atoms with Crippen molar-refractivity contribution in [2.24, 2.45) is 20.5 Å². The molecule has 0 aromatic heterocycles. The van der Waals surface area contributed by atoms with Crippen LogP contribution in [0.2, 0.25) is 0 Å². The maximum absolute atomic E-state index is 13.5. The van der Waals surface area contributed by atoms with Crippen LogP contribution in [0.15, 0.2) is 126 Å². The summed E-state index contributed by atoms with van der Waals surface area (Å²) in [5, 5.41) is 16.5. The third kappa shape index (κ3) is 7.20. The van der Waals surface area contributed by atoms with Gasteiger partial charge in [0.2, 0.25) is 9.84 Å². The standard InChI is InChI=1S/C28H28N6O5S2/c1-33(2)24-12-5-20(6-13-24)29-30-22-9-16-26(17-10-22)40(35,36)28-19-23(11-18-27(28)41(37,38)39)32-31-21-7-14-25(15-8-21)34(3)4/h5-19H,1-4H3,(H,37,38,39). The number of sulfone groups is 1. The number of benzene rings is 4. The first-order valence-corrected chi connectivity index (χ1v) is 15.1. The fraction of sp³-hybridized carbons (Fsp3) is 0.143. The predicted octanol–water partition coefficient (Wildman–Crippen LogP) is 6.73. The first-order chi connectivity index (χ1) is 19.3. The molecule has 4 aromatic carbocycles. The molecule has 13 heteroatoms. The highest BCUT2D eigenvalue weighted by molar-refractivity contribution is 7.92. The van der Waals surface area contributed by atoms with Gasteiger partial charge in [0.05, 0.1) is 32.5 Å². The lowest BCUT2D eigenvalue weighted by molar-refractivity contribution is 0.480. The van der Waals surface area contributed by atoms with Gasteiger partial charge in [-0.2, -0.15) is 28.9 Å². The summed E-state index contributed by atoms with van der Waals surface area (Å²) in [7, 11) is -1.61. The molecule has 0 fully saturated rings. The van der Waals surface area contributed by atoms with E-state index in [2.05, 4.69) is 20.5 Å². The lowest BCUT2D eigenvalue weighted by Gasteiger charge is -2.11. The fourth-order valence-electron chi connectivity index (χ4n) is 3.67. The fourth-order valence-corrected chi connectivity index (χ4v) is 6.22. The summed E-state index contributed by atoms with van der Waals surface area (Å²) >= 11 is 0. The van der Waals surface area contributed by atoms with Crippen LogP contribution in [0.1, 0.15) is 0 Å². The van der Waals surface area contributed by atoms with E-state index in [0.29, 0.717) is 17.1 Å². The van der Waals surface area contributed by atoms with Crippen molar-refractivity contribution in [2.45, 2.75) is 14.7 Å². The Bertz CT molecular complexity index is 1800. The molecule has 0 aliphatic heterocycles. The maximum atomic E-state index is 13.5. The van der Waals surface area contributed by atoms with Crippen LogP contribution in [0, 0.1) is 0 Å². The molecule has 1 N–H and O–H groups in total. The summed E-state index contributed by atoms with van der Waals surface area (Å²) in [4.78, 5) is 2.28. The van der Waals surface area contributed by atoms with Crippen molar-refractivity contribution in [3.63, 3.8) is 0 Å². The van der Waals surface area contributed by atoms with E-state index in [0.717, 1.165) is 23.5 Å². The molecule has 4 aromatic rings. The molecule has 0 saturated heterocycles. The van der Waals surface area contributed by atoms with Crippen LogP contribution >= 0.6 is 0 Å². The summed E-state index contributed by atoms with van der Waals surface area (Å²) in [6.45, 7) is 0. The number of rotatable bonds is 9. The van der Waals surface area contributed by atoms with Gasteiger partial charge in [-0.25, -0.2) is 8.42 Å². The molecule has 0 aliphatic carbocycles. The minimum absolute atomic E-state index is 0.0818. The number of hydrogen-bond donors (Lipinski definition) is 1. The Kier molecular flexibility index (Phi) is 8.61. The molecule has 41 heavy (non-hydrogen) atoms. The first-order valence-electron chi connectivity index (χ1n) is 12.2. The van der Waals surface area contributed by atoms with Gasteiger partial charge < -0.3 is 9.80 Å². The van der Waals surface area contributed by atoms with Crippen molar-refractivity contribution in [1.29, 1.82) is 0 Å². The normalized spacial score (nSPS) is 12.2. The second kappa shape index (κ2) is 12.0. The summed E-state index contributed by atoms with van der Waals surface area (Å²) in [5.41, 5.74) is 3.56. The van der Waals surface area contributed by atoms with Crippen LogP contribution in [-0.4, -0.2) is 49.6 Å². The number of azo groups is 2. The van der Waals surface area contributed by atoms with Crippen molar-refractivity contribution in [1.82, 2.24) is 0 Å². The molecule has 0 saturated carbocycles. The summed E-state index contributed by atoms with van der Waals surface area (Å²) < 4.78 is 60.8. The van der Waals surface area contributed by atoms with Gasteiger partial charge >= 0.3 is 0 Å². The molecule has 0 atom stereocenters. The Morgan fingerprint density at radius 3 is 1.27 bits per heavy atom. The van der Waals surface area contributed by atoms with E-state index < -0.39 is 29.7 Å². The van der Waals surface area contributed by atoms with Gasteiger partial charge in [-0.1, -0.05) is 0 Å². The molecule has 0 aliphatic rings. The first kappa shape index (κ1) is 29.5. The van der Waals surface area contributed by atoms with Crippen molar-refractivity contribution in [2.75, 3.05) is 38.0 Å². The van der Waals surface area contributed by atoms with E-state index in [1.54, 1.807) is 24.3 Å². The van der Waals surface area contributed by atoms with Crippen LogP contribution in [0.3, 0.4) is 0 Å². The number of hydrogen-bond acceptors (Lipinski definition) is 10. The second-order valence-corrected chi connectivity index (χ2v) is 12.6. The highest BCUT2D eigenvalue weighted by Gasteiger charge is 2.27. The predicted molar refractivity (Wildman–Crippen MR) is 158 cm³/mol. The van der Waals surface area contributed by atoms with E-state index in [-0.39, 0.29) is 10.6 Å². The number of anilines is 2. The third-order valence-corrected chi connectivity index (χ3v) is 8.79. The van der Waals surface area contributed by atoms with Gasteiger partial charge in [0.15, 0.2) is 0 Å². The van der Waals surface area contributed by atoms with E-state index >= 15 is 0 Å². The minimum Gasteiger partial charge on any atom is -0.378 e. The monoisotopic (exact) mass is 592 g/mol. The van der Waals surface area contributed by atoms with Crippen LogP contribution in [-0.2, 0) is 20.0 Å². The molecule has 0 unspecified atom stereocenters. The molecule has 0 heterocycles. The van der Waals surface area contributed by atoms with Gasteiger partial charge in [0.25, 0.3) is 10.1 Å². The summed E-state index contributed by atoms with van der Waals surface area (Å²) in [6.07, 6.45) is 0. The van der Waals surface area contributed by atoms with Crippen LogP contribution < -0.4 is 9.80 Å². The molecule has 0 radical (unpaired) electrons. The van der Waals surface area contributed by atoms with E-state index in [4.69, 9.17) is 0 Å². The highest BCUT2D eigenvalue weighted by Crippen LogP contribution is 2.33. The topological polar surface area (TPSA) is 144 Å². The zero-order valence-corrected chi connectivity index (χ0v) is 24.4. The molecule has 11 nitrogen and oxygen atoms in total. The van der Waals surface area contributed by atoms with E-state index in [9.17, 15) is 21.4 Å². The summed E-state index contributed by atoms with van der Waals surface area (Å²) in [5.74, 6) is 0. The Morgan fingerprint density at radius 1 is 0.512 bits per heavy atom. The van der Waals surface area contributed by atoms with E-state index in [1.165, 1.54) is 30.3 Å². The molecule has 212 valence electrons. The van der Waals surface area contributed by atoms with Gasteiger partial charge in [-0.15, -0.1) is 0 Å². The lowest BCUT2D eigenvalue weighted by atomic mass is 10.3. The average molecular weight is 593 g/mol. The quantitative estimate of drug-likeness (QED) is 0.168. The van der Waals surface area contributed by atoms with Crippen LogP contribution in [0.5, 0.6) is 0 Å². The lowest BCUT2D eigenvalue weighted by Crippen LogP contribution is -2.09. The molecule has 0 amide bonds. The Balaban J connectivity index is 1.62. The smallest absolute Gasteiger partial charge is 0.295 e. The second-order valence-electron chi connectivity index (χ2n) is 9.33. The highest BCUT2D eigenvalue weighted by atomic mass is 32.2. The van der Waals surface area contributed by atoms with Crippen LogP contribution in [0.4, 0.5) is 34.1 Å². The zero-order valence-electron chi connectivity index (χ0n) is 22.7. The maximum Gasteiger partial charge on any atom is 0.295 e. The SMILES string of the molecule is CN(C)c1ccc(N=Nc2ccc(S(=O)(=O)c3cc(N=Nc4ccc(N(C)C)cc4)ccc3S(=O)(=O)O)cc2)cc1. The van der Waals surface area contributed by atoms with Crippen molar-refractivity contribution < 1.29 is 21.4 Å². The van der Waals surface area contributed by atoms with Gasteiger partial charge in [0.1, 0.15) is 4.90 Å². The van der Waals surface area contributed by atoms with Crippen molar-refractivity contribution in [3.8, 4) is 0 Å². The van der Waals surface area contributed by atoms with Gasteiger partial charge in [-0.3, -0.25) is 4.55 Å². The van der Waals surface area contributed by atoms with Gasteiger partial charge in [0, 0.05) is 39.6 Å². The largest absolute Gasteiger partial charge is 0.378 e. The third-order valence-electron chi connectivity index (χ3n) is 5.94. The Labute approximate surface area is 239 Å². The average Bonchev–Trinajstić information content (AvgIpc) is 2.95. The summed E-state index contributed by atoms with van der Waals surface area (Å²) in [6, 6.07) is 23.3. The molecule has 0 bridgehead atoms. The van der Waals surface area contributed by atoms with Crippen LogP contribution in [0.25, 0.3) is 0 Å².